The molecule has 6 nitrogen and oxygen atoms in total. The summed E-state index contributed by atoms with van der Waals surface area (Å²) in [7, 11) is 2.98. The van der Waals surface area contributed by atoms with Gasteiger partial charge in [-0.25, -0.2) is 4.79 Å². The van der Waals surface area contributed by atoms with E-state index in [1.807, 2.05) is 12.1 Å². The first-order valence-corrected chi connectivity index (χ1v) is 7.88. The van der Waals surface area contributed by atoms with Crippen molar-refractivity contribution in [2.45, 2.75) is 18.4 Å². The maximum Gasteiger partial charge on any atom is 0.334 e. The number of carboxylic acid groups (broad SMARTS) is 1. The van der Waals surface area contributed by atoms with Crippen molar-refractivity contribution in [3.8, 4) is 11.5 Å². The van der Waals surface area contributed by atoms with Gasteiger partial charge >= 0.3 is 5.97 Å². The van der Waals surface area contributed by atoms with Crippen LogP contribution in [0.3, 0.4) is 0 Å². The van der Waals surface area contributed by atoms with E-state index in [0.29, 0.717) is 35.5 Å². The van der Waals surface area contributed by atoms with E-state index >= 15 is 0 Å². The second kappa shape index (κ2) is 6.47. The van der Waals surface area contributed by atoms with Gasteiger partial charge in [-0.3, -0.25) is 4.79 Å². The van der Waals surface area contributed by atoms with Crippen molar-refractivity contribution in [2.24, 2.45) is 0 Å². The number of aryl methyl sites for hydroxylation is 1. The number of methoxy groups -OCH3 is 2. The summed E-state index contributed by atoms with van der Waals surface area (Å²) in [6.07, 6.45) is 0.926. The molecule has 0 bridgehead atoms. The highest BCUT2D eigenvalue weighted by molar-refractivity contribution is 5.99. The number of hydrogen-bond donors (Lipinski definition) is 2. The Labute approximate surface area is 145 Å². The van der Waals surface area contributed by atoms with Crippen LogP contribution in [0.25, 0.3) is 0 Å². The third-order valence-electron chi connectivity index (χ3n) is 4.58. The van der Waals surface area contributed by atoms with Crippen LogP contribution in [0.2, 0.25) is 0 Å². The highest BCUT2D eigenvalue weighted by Crippen LogP contribution is 2.37. The Bertz CT molecular complexity index is 832. The summed E-state index contributed by atoms with van der Waals surface area (Å²) in [5.41, 5.74) is 0.470. The molecule has 3 rings (SSSR count). The van der Waals surface area contributed by atoms with Gasteiger partial charge in [0.1, 0.15) is 0 Å². The molecule has 0 spiro atoms. The summed E-state index contributed by atoms with van der Waals surface area (Å²) in [6, 6.07) is 12.0. The number of fused-ring (bicyclic) bond motifs is 1. The predicted octanol–water partition coefficient (Wildman–Crippen LogP) is 2.36. The molecule has 6 heteroatoms. The molecule has 2 aromatic carbocycles. The summed E-state index contributed by atoms with van der Waals surface area (Å²) in [5, 5.41) is 12.5. The minimum Gasteiger partial charge on any atom is -0.493 e. The van der Waals surface area contributed by atoms with E-state index in [4.69, 9.17) is 9.47 Å². The molecule has 0 radical (unpaired) electrons. The van der Waals surface area contributed by atoms with Crippen LogP contribution in [0.1, 0.15) is 27.9 Å². The Kier molecular flexibility index (Phi) is 4.35. The summed E-state index contributed by atoms with van der Waals surface area (Å²) >= 11 is 0. The van der Waals surface area contributed by atoms with Gasteiger partial charge in [0, 0.05) is 5.56 Å². The molecule has 1 atom stereocenters. The van der Waals surface area contributed by atoms with Crippen LogP contribution in [0.5, 0.6) is 11.5 Å². The quantitative estimate of drug-likeness (QED) is 0.872. The topological polar surface area (TPSA) is 84.9 Å². The SMILES string of the molecule is COc1ccc(C(=O)NC2(C(=O)O)CCc3ccccc32)cc1OC. The van der Waals surface area contributed by atoms with E-state index < -0.39 is 17.4 Å². The van der Waals surface area contributed by atoms with Gasteiger partial charge in [-0.05, 0) is 42.2 Å². The van der Waals surface area contributed by atoms with Gasteiger partial charge in [0.05, 0.1) is 14.2 Å². The number of benzene rings is 2. The molecule has 0 saturated carbocycles. The molecule has 0 saturated heterocycles. The van der Waals surface area contributed by atoms with Gasteiger partial charge in [0.25, 0.3) is 5.91 Å². The third kappa shape index (κ3) is 2.80. The Balaban J connectivity index is 1.95. The van der Waals surface area contributed by atoms with Crippen LogP contribution < -0.4 is 14.8 Å². The van der Waals surface area contributed by atoms with Crippen molar-refractivity contribution >= 4 is 11.9 Å². The zero-order valence-corrected chi connectivity index (χ0v) is 14.0. The number of carbonyl (C=O) groups is 2. The van der Waals surface area contributed by atoms with Gasteiger partial charge in [-0.2, -0.15) is 0 Å². The second-order valence-corrected chi connectivity index (χ2v) is 5.89. The average molecular weight is 341 g/mol. The standard InChI is InChI=1S/C19H19NO5/c1-24-15-8-7-13(11-16(15)25-2)17(21)20-19(18(22)23)10-9-12-5-3-4-6-14(12)19/h3-8,11H,9-10H2,1-2H3,(H,20,21)(H,22,23). The average Bonchev–Trinajstić information content (AvgIpc) is 3.01. The zero-order chi connectivity index (χ0) is 18.0. The predicted molar refractivity (Wildman–Crippen MR) is 91.1 cm³/mol. The fourth-order valence-corrected chi connectivity index (χ4v) is 3.26. The molecule has 1 unspecified atom stereocenters. The van der Waals surface area contributed by atoms with Crippen molar-refractivity contribution in [1.82, 2.24) is 5.32 Å². The lowest BCUT2D eigenvalue weighted by atomic mass is 9.91. The van der Waals surface area contributed by atoms with Crippen LogP contribution in [-0.2, 0) is 16.8 Å². The fraction of sp³-hybridized carbons (Fsp3) is 0.263. The lowest BCUT2D eigenvalue weighted by Crippen LogP contribution is -2.50. The number of aliphatic carboxylic acids is 1. The fourth-order valence-electron chi connectivity index (χ4n) is 3.26. The molecule has 25 heavy (non-hydrogen) atoms. The summed E-state index contributed by atoms with van der Waals surface area (Å²) in [4.78, 5) is 24.7. The van der Waals surface area contributed by atoms with Crippen LogP contribution in [-0.4, -0.2) is 31.2 Å². The van der Waals surface area contributed by atoms with Crippen molar-refractivity contribution in [1.29, 1.82) is 0 Å². The molecular weight excluding hydrogens is 322 g/mol. The van der Waals surface area contributed by atoms with Crippen LogP contribution >= 0.6 is 0 Å². The number of nitrogens with one attached hydrogen (secondary N) is 1. The molecule has 0 heterocycles. The first kappa shape index (κ1) is 16.8. The Morgan fingerprint density at radius 2 is 1.80 bits per heavy atom. The second-order valence-electron chi connectivity index (χ2n) is 5.89. The molecule has 1 amide bonds. The van der Waals surface area contributed by atoms with E-state index in [1.54, 1.807) is 24.3 Å². The van der Waals surface area contributed by atoms with Gasteiger partial charge in [-0.15, -0.1) is 0 Å². The molecule has 130 valence electrons. The molecule has 2 aromatic rings. The number of carboxylic acids is 1. The van der Waals surface area contributed by atoms with E-state index in [9.17, 15) is 14.7 Å². The van der Waals surface area contributed by atoms with Crippen LogP contribution in [0.4, 0.5) is 0 Å². The van der Waals surface area contributed by atoms with Gasteiger partial charge in [-0.1, -0.05) is 24.3 Å². The minimum atomic E-state index is -1.42. The van der Waals surface area contributed by atoms with Gasteiger partial charge < -0.3 is 19.9 Å². The largest absolute Gasteiger partial charge is 0.493 e. The highest BCUT2D eigenvalue weighted by atomic mass is 16.5. The van der Waals surface area contributed by atoms with E-state index in [-0.39, 0.29) is 0 Å². The van der Waals surface area contributed by atoms with Crippen molar-refractivity contribution in [3.05, 3.63) is 59.2 Å². The monoisotopic (exact) mass is 341 g/mol. The zero-order valence-electron chi connectivity index (χ0n) is 14.0. The molecule has 1 aliphatic carbocycles. The minimum absolute atomic E-state index is 0.308. The number of hydrogen-bond acceptors (Lipinski definition) is 4. The summed E-state index contributed by atoms with van der Waals surface area (Å²) < 4.78 is 10.4. The lowest BCUT2D eigenvalue weighted by Gasteiger charge is -2.27. The number of ether oxygens (including phenoxy) is 2. The van der Waals surface area contributed by atoms with Crippen molar-refractivity contribution in [2.75, 3.05) is 14.2 Å². The maximum absolute atomic E-state index is 12.7. The Morgan fingerprint density at radius 1 is 1.08 bits per heavy atom. The number of amides is 1. The lowest BCUT2D eigenvalue weighted by molar-refractivity contribution is -0.144. The van der Waals surface area contributed by atoms with Crippen LogP contribution in [0, 0.1) is 0 Å². The third-order valence-corrected chi connectivity index (χ3v) is 4.58. The highest BCUT2D eigenvalue weighted by Gasteiger charge is 2.46. The first-order chi connectivity index (χ1) is 12.0. The first-order valence-electron chi connectivity index (χ1n) is 7.88. The number of rotatable bonds is 5. The van der Waals surface area contributed by atoms with Crippen molar-refractivity contribution < 1.29 is 24.2 Å². The van der Waals surface area contributed by atoms with E-state index in [1.165, 1.54) is 20.3 Å². The molecule has 1 aliphatic rings. The molecule has 0 fully saturated rings. The van der Waals surface area contributed by atoms with E-state index in [2.05, 4.69) is 5.32 Å². The summed E-state index contributed by atoms with van der Waals surface area (Å²) in [5.74, 6) is -0.629. The molecule has 2 N–H and O–H groups in total. The summed E-state index contributed by atoms with van der Waals surface area (Å²) in [6.45, 7) is 0. The maximum atomic E-state index is 12.7. The normalized spacial score (nSPS) is 18.3. The van der Waals surface area contributed by atoms with Crippen LogP contribution in [0.15, 0.2) is 42.5 Å². The Morgan fingerprint density at radius 3 is 2.48 bits per heavy atom. The van der Waals surface area contributed by atoms with Gasteiger partial charge in [0.15, 0.2) is 17.0 Å². The van der Waals surface area contributed by atoms with E-state index in [0.717, 1.165) is 5.56 Å². The van der Waals surface area contributed by atoms with Crippen molar-refractivity contribution in [3.63, 3.8) is 0 Å². The molecule has 0 aliphatic heterocycles. The molecular formula is C19H19NO5. The molecule has 0 aromatic heterocycles. The van der Waals surface area contributed by atoms with Gasteiger partial charge in [0.2, 0.25) is 0 Å². The smallest absolute Gasteiger partial charge is 0.334 e. The Hall–Kier alpha value is -3.02. The number of carbonyl (C=O) groups excluding carboxylic acids is 1.